The second kappa shape index (κ2) is 9.40. The van der Waals surface area contributed by atoms with Crippen molar-refractivity contribution in [2.45, 2.75) is 27.7 Å². The van der Waals surface area contributed by atoms with E-state index in [1.807, 2.05) is 10.1 Å². The minimum atomic E-state index is 0. The quantitative estimate of drug-likeness (QED) is 0.471. The standard InChI is InChI=1S/C8H20N2O.H3P/c1-5-9(6-2)11-10(7-3)8-4;/h5-8H2,1-4H3;1H3. The summed E-state index contributed by atoms with van der Waals surface area (Å²) in [5.41, 5.74) is 0. The topological polar surface area (TPSA) is 15.7 Å². The van der Waals surface area contributed by atoms with E-state index in [0.717, 1.165) is 26.2 Å². The Balaban J connectivity index is 0. The lowest BCUT2D eigenvalue weighted by molar-refractivity contribution is -0.319. The fourth-order valence-electron chi connectivity index (χ4n) is 0.841. The Bertz CT molecular complexity index is 75.1. The highest BCUT2D eigenvalue weighted by Gasteiger charge is 2.04. The fraction of sp³-hybridized carbons (Fsp3) is 1.00. The molecule has 0 saturated carbocycles. The Morgan fingerprint density at radius 3 is 1.17 bits per heavy atom. The van der Waals surface area contributed by atoms with Crippen LogP contribution < -0.4 is 0 Å². The maximum atomic E-state index is 5.51. The summed E-state index contributed by atoms with van der Waals surface area (Å²) in [6, 6.07) is 0. The molecule has 1 unspecified atom stereocenters. The van der Waals surface area contributed by atoms with Gasteiger partial charge in [-0.1, -0.05) is 27.7 Å². The van der Waals surface area contributed by atoms with Gasteiger partial charge in [-0.2, -0.15) is 20.0 Å². The van der Waals surface area contributed by atoms with Crippen LogP contribution in [0.4, 0.5) is 0 Å². The molecular formula is C8H23N2OP. The summed E-state index contributed by atoms with van der Waals surface area (Å²) < 4.78 is 0. The Morgan fingerprint density at radius 2 is 1.00 bits per heavy atom. The van der Waals surface area contributed by atoms with Crippen molar-refractivity contribution in [3.63, 3.8) is 0 Å². The predicted octanol–water partition coefficient (Wildman–Crippen LogP) is 1.57. The van der Waals surface area contributed by atoms with Crippen LogP contribution in [-0.2, 0) is 4.94 Å². The van der Waals surface area contributed by atoms with Crippen LogP contribution in [0.2, 0.25) is 0 Å². The van der Waals surface area contributed by atoms with E-state index in [-0.39, 0.29) is 9.90 Å². The zero-order valence-electron chi connectivity index (χ0n) is 8.84. The van der Waals surface area contributed by atoms with Crippen LogP contribution >= 0.6 is 9.90 Å². The molecule has 0 aliphatic rings. The average Bonchev–Trinajstić information content (AvgIpc) is 2.07. The maximum Gasteiger partial charge on any atom is 0.0231 e. The molecule has 0 bridgehead atoms. The van der Waals surface area contributed by atoms with Gasteiger partial charge in [0.1, 0.15) is 0 Å². The zero-order chi connectivity index (χ0) is 8.69. The van der Waals surface area contributed by atoms with E-state index in [1.54, 1.807) is 0 Å². The van der Waals surface area contributed by atoms with Crippen LogP contribution in [0, 0.1) is 0 Å². The van der Waals surface area contributed by atoms with Crippen LogP contribution in [0.3, 0.4) is 0 Å². The van der Waals surface area contributed by atoms with Crippen molar-refractivity contribution >= 4 is 9.90 Å². The molecule has 4 heteroatoms. The Labute approximate surface area is 79.6 Å². The van der Waals surface area contributed by atoms with Gasteiger partial charge in [0, 0.05) is 26.2 Å². The fourth-order valence-corrected chi connectivity index (χ4v) is 0.841. The van der Waals surface area contributed by atoms with Gasteiger partial charge >= 0.3 is 0 Å². The van der Waals surface area contributed by atoms with Gasteiger partial charge in [-0.25, -0.2) is 4.94 Å². The van der Waals surface area contributed by atoms with Crippen LogP contribution in [0.25, 0.3) is 0 Å². The highest BCUT2D eigenvalue weighted by molar-refractivity contribution is 6.92. The molecule has 0 saturated heterocycles. The van der Waals surface area contributed by atoms with Gasteiger partial charge in [-0.05, 0) is 0 Å². The molecule has 0 aliphatic heterocycles. The molecule has 0 spiro atoms. The second-order valence-electron chi connectivity index (χ2n) is 2.31. The Hall–Kier alpha value is 0.310. The molecule has 0 heterocycles. The van der Waals surface area contributed by atoms with Crippen LogP contribution in [0.5, 0.6) is 0 Å². The van der Waals surface area contributed by atoms with Gasteiger partial charge in [-0.3, -0.25) is 0 Å². The maximum absolute atomic E-state index is 5.51. The van der Waals surface area contributed by atoms with Crippen molar-refractivity contribution in [1.29, 1.82) is 0 Å². The third kappa shape index (κ3) is 5.90. The van der Waals surface area contributed by atoms with Gasteiger partial charge in [0.05, 0.1) is 0 Å². The lowest BCUT2D eigenvalue weighted by Gasteiger charge is -2.25. The minimum absolute atomic E-state index is 0. The van der Waals surface area contributed by atoms with Gasteiger partial charge in [0.15, 0.2) is 0 Å². The lowest BCUT2D eigenvalue weighted by atomic mass is 10.6. The molecule has 3 nitrogen and oxygen atoms in total. The van der Waals surface area contributed by atoms with E-state index in [2.05, 4.69) is 27.7 Å². The van der Waals surface area contributed by atoms with Crippen LogP contribution in [0.1, 0.15) is 27.7 Å². The largest absolute Gasteiger partial charge is 0.208 e. The van der Waals surface area contributed by atoms with E-state index in [0.29, 0.717) is 0 Å². The van der Waals surface area contributed by atoms with E-state index in [4.69, 9.17) is 4.94 Å². The van der Waals surface area contributed by atoms with Crippen LogP contribution in [0.15, 0.2) is 0 Å². The molecule has 0 rings (SSSR count). The lowest BCUT2D eigenvalue weighted by Crippen LogP contribution is -2.34. The number of hydroxylamine groups is 4. The van der Waals surface area contributed by atoms with E-state index < -0.39 is 0 Å². The van der Waals surface area contributed by atoms with Crippen molar-refractivity contribution in [2.24, 2.45) is 0 Å². The van der Waals surface area contributed by atoms with Gasteiger partial charge in [0.2, 0.25) is 0 Å². The second-order valence-corrected chi connectivity index (χ2v) is 2.31. The zero-order valence-corrected chi connectivity index (χ0v) is 10.3. The first-order valence-electron chi connectivity index (χ1n) is 4.46. The van der Waals surface area contributed by atoms with Gasteiger partial charge in [-0.15, -0.1) is 0 Å². The van der Waals surface area contributed by atoms with E-state index in [9.17, 15) is 0 Å². The molecule has 12 heavy (non-hydrogen) atoms. The first kappa shape index (κ1) is 14.8. The van der Waals surface area contributed by atoms with Crippen molar-refractivity contribution < 1.29 is 4.94 Å². The SMILES string of the molecule is CCN(CC)ON(CC)CC.P. The average molecular weight is 194 g/mol. The van der Waals surface area contributed by atoms with E-state index >= 15 is 0 Å². The van der Waals surface area contributed by atoms with Crippen molar-refractivity contribution in [3.8, 4) is 0 Å². The van der Waals surface area contributed by atoms with Gasteiger partial charge < -0.3 is 0 Å². The Morgan fingerprint density at radius 1 is 0.750 bits per heavy atom. The summed E-state index contributed by atoms with van der Waals surface area (Å²) >= 11 is 0. The number of hydrogen-bond acceptors (Lipinski definition) is 3. The third-order valence-corrected chi connectivity index (χ3v) is 1.64. The molecule has 76 valence electrons. The van der Waals surface area contributed by atoms with Gasteiger partial charge in [0.25, 0.3) is 0 Å². The molecule has 0 aromatic rings. The van der Waals surface area contributed by atoms with Crippen molar-refractivity contribution in [2.75, 3.05) is 26.2 Å². The van der Waals surface area contributed by atoms with Crippen LogP contribution in [-0.4, -0.2) is 36.3 Å². The third-order valence-electron chi connectivity index (χ3n) is 1.64. The first-order valence-corrected chi connectivity index (χ1v) is 4.46. The summed E-state index contributed by atoms with van der Waals surface area (Å²) in [6.07, 6.45) is 0. The van der Waals surface area contributed by atoms with Crippen molar-refractivity contribution in [3.05, 3.63) is 0 Å². The highest BCUT2D eigenvalue weighted by atomic mass is 31.0. The summed E-state index contributed by atoms with van der Waals surface area (Å²) in [5, 5.41) is 3.88. The molecule has 0 N–H and O–H groups in total. The van der Waals surface area contributed by atoms with Crippen molar-refractivity contribution in [1.82, 2.24) is 10.1 Å². The molecule has 0 aliphatic carbocycles. The number of rotatable bonds is 6. The smallest absolute Gasteiger partial charge is 0.0231 e. The molecule has 0 aromatic carbocycles. The molecule has 1 atom stereocenters. The molecular weight excluding hydrogens is 171 g/mol. The summed E-state index contributed by atoms with van der Waals surface area (Å²) in [6.45, 7) is 12.1. The molecule has 0 amide bonds. The Kier molecular flexibility index (Phi) is 11.6. The molecule has 0 aromatic heterocycles. The predicted molar refractivity (Wildman–Crippen MR) is 58.0 cm³/mol. The number of hydrogen-bond donors (Lipinski definition) is 0. The monoisotopic (exact) mass is 194 g/mol. The minimum Gasteiger partial charge on any atom is -0.208 e. The van der Waals surface area contributed by atoms with E-state index in [1.165, 1.54) is 0 Å². The number of nitrogens with zero attached hydrogens (tertiary/aromatic N) is 2. The molecule has 0 fully saturated rings. The normalized spacial score (nSPS) is 10.5. The highest BCUT2D eigenvalue weighted by Crippen LogP contribution is 1.95. The summed E-state index contributed by atoms with van der Waals surface area (Å²) in [4.78, 5) is 5.51. The first-order chi connectivity index (χ1) is 5.28. The summed E-state index contributed by atoms with van der Waals surface area (Å²) in [5.74, 6) is 0. The molecule has 0 radical (unpaired) electrons. The summed E-state index contributed by atoms with van der Waals surface area (Å²) in [7, 11) is 0.